The normalized spacial score (nSPS) is 10.1. The Labute approximate surface area is 101 Å². The monoisotopic (exact) mass is 294 g/mol. The van der Waals surface area contributed by atoms with Crippen LogP contribution >= 0.6 is 27.5 Å². The lowest BCUT2D eigenvalue weighted by atomic mass is 10.1. The third-order valence-corrected chi connectivity index (χ3v) is 2.63. The SMILES string of the molecule is O=C(CCCl)c1ccc(OCF)cc1Br. The average molecular weight is 296 g/mol. The van der Waals surface area contributed by atoms with Gasteiger partial charge in [0, 0.05) is 22.3 Å². The van der Waals surface area contributed by atoms with Gasteiger partial charge in [-0.3, -0.25) is 4.79 Å². The molecule has 15 heavy (non-hydrogen) atoms. The molecule has 0 aliphatic heterocycles. The molecule has 0 bridgehead atoms. The predicted octanol–water partition coefficient (Wildman–Crippen LogP) is 3.57. The van der Waals surface area contributed by atoms with Crippen LogP contribution in [0.5, 0.6) is 5.75 Å². The van der Waals surface area contributed by atoms with Crippen LogP contribution in [0.4, 0.5) is 4.39 Å². The van der Waals surface area contributed by atoms with E-state index in [1.165, 1.54) is 0 Å². The van der Waals surface area contributed by atoms with Gasteiger partial charge in [0.1, 0.15) is 5.75 Å². The zero-order valence-corrected chi connectivity index (χ0v) is 10.1. The van der Waals surface area contributed by atoms with Crippen molar-refractivity contribution in [3.05, 3.63) is 28.2 Å². The van der Waals surface area contributed by atoms with Gasteiger partial charge in [0.25, 0.3) is 0 Å². The van der Waals surface area contributed by atoms with Crippen LogP contribution in [0.3, 0.4) is 0 Å². The molecule has 0 radical (unpaired) electrons. The van der Waals surface area contributed by atoms with E-state index in [0.29, 0.717) is 15.8 Å². The topological polar surface area (TPSA) is 26.3 Å². The Morgan fingerprint density at radius 3 is 2.80 bits per heavy atom. The zero-order valence-electron chi connectivity index (χ0n) is 7.80. The van der Waals surface area contributed by atoms with Crippen molar-refractivity contribution in [3.8, 4) is 5.75 Å². The van der Waals surface area contributed by atoms with E-state index < -0.39 is 6.86 Å². The predicted molar refractivity (Wildman–Crippen MR) is 60.4 cm³/mol. The number of rotatable bonds is 5. The van der Waals surface area contributed by atoms with Gasteiger partial charge >= 0.3 is 0 Å². The summed E-state index contributed by atoms with van der Waals surface area (Å²) < 4.78 is 17.1. The van der Waals surface area contributed by atoms with E-state index in [9.17, 15) is 9.18 Å². The Morgan fingerprint density at radius 1 is 1.53 bits per heavy atom. The summed E-state index contributed by atoms with van der Waals surface area (Å²) in [6.45, 7) is -0.887. The Morgan fingerprint density at radius 2 is 2.27 bits per heavy atom. The van der Waals surface area contributed by atoms with Crippen molar-refractivity contribution in [2.75, 3.05) is 12.7 Å². The van der Waals surface area contributed by atoms with Gasteiger partial charge in [0.05, 0.1) is 0 Å². The number of alkyl halides is 2. The van der Waals surface area contributed by atoms with Crippen molar-refractivity contribution in [3.63, 3.8) is 0 Å². The van der Waals surface area contributed by atoms with Gasteiger partial charge in [0.15, 0.2) is 5.78 Å². The van der Waals surface area contributed by atoms with Crippen LogP contribution in [-0.4, -0.2) is 18.5 Å². The minimum absolute atomic E-state index is 0.0522. The molecule has 0 heterocycles. The molecule has 0 saturated heterocycles. The summed E-state index contributed by atoms with van der Waals surface area (Å²) >= 11 is 8.69. The van der Waals surface area contributed by atoms with Crippen molar-refractivity contribution >= 4 is 33.3 Å². The fraction of sp³-hybridized carbons (Fsp3) is 0.300. The van der Waals surface area contributed by atoms with Gasteiger partial charge in [-0.2, -0.15) is 0 Å². The van der Waals surface area contributed by atoms with Crippen molar-refractivity contribution in [1.82, 2.24) is 0 Å². The first-order valence-electron chi connectivity index (χ1n) is 4.26. The van der Waals surface area contributed by atoms with Gasteiger partial charge in [-0.15, -0.1) is 11.6 Å². The maximum Gasteiger partial charge on any atom is 0.228 e. The molecule has 0 aliphatic carbocycles. The van der Waals surface area contributed by atoms with Crippen LogP contribution in [0.2, 0.25) is 0 Å². The van der Waals surface area contributed by atoms with Crippen molar-refractivity contribution in [1.29, 1.82) is 0 Å². The summed E-state index contributed by atoms with van der Waals surface area (Å²) in [5.74, 6) is 0.615. The van der Waals surface area contributed by atoms with Gasteiger partial charge in [-0.05, 0) is 34.1 Å². The Kier molecular flexibility index (Phi) is 5.05. The molecule has 0 fully saturated rings. The fourth-order valence-corrected chi connectivity index (χ4v) is 1.85. The van der Waals surface area contributed by atoms with Crippen LogP contribution in [0.25, 0.3) is 0 Å². The van der Waals surface area contributed by atoms with Gasteiger partial charge in [0.2, 0.25) is 6.86 Å². The van der Waals surface area contributed by atoms with Gasteiger partial charge < -0.3 is 4.74 Å². The highest BCUT2D eigenvalue weighted by molar-refractivity contribution is 9.10. The second-order valence-electron chi connectivity index (χ2n) is 2.76. The zero-order chi connectivity index (χ0) is 11.3. The van der Waals surface area contributed by atoms with Gasteiger partial charge in [-0.1, -0.05) is 0 Å². The van der Waals surface area contributed by atoms with E-state index in [1.54, 1.807) is 18.2 Å². The highest BCUT2D eigenvalue weighted by Crippen LogP contribution is 2.24. The smallest absolute Gasteiger partial charge is 0.228 e. The summed E-state index contributed by atoms with van der Waals surface area (Å²) in [5.41, 5.74) is 0.529. The lowest BCUT2D eigenvalue weighted by Crippen LogP contribution is -2.01. The first-order chi connectivity index (χ1) is 7.19. The molecule has 0 atom stereocenters. The standard InChI is InChI=1S/C10H9BrClFO2/c11-9-5-7(15-6-13)1-2-8(9)10(14)3-4-12/h1-2,5H,3-4,6H2. The van der Waals surface area contributed by atoms with E-state index in [0.717, 1.165) is 0 Å². The van der Waals surface area contributed by atoms with Crippen LogP contribution in [0.15, 0.2) is 22.7 Å². The molecule has 0 N–H and O–H groups in total. The molecular weight excluding hydrogens is 286 g/mol. The number of hydrogen-bond donors (Lipinski definition) is 0. The van der Waals surface area contributed by atoms with Gasteiger partial charge in [-0.25, -0.2) is 4.39 Å². The van der Waals surface area contributed by atoms with Crippen LogP contribution in [0, 0.1) is 0 Å². The molecule has 1 aromatic carbocycles. The second kappa shape index (κ2) is 6.08. The van der Waals surface area contributed by atoms with Crippen LogP contribution in [0.1, 0.15) is 16.8 Å². The number of ether oxygens (including phenoxy) is 1. The maximum absolute atomic E-state index is 11.9. The van der Waals surface area contributed by atoms with E-state index in [2.05, 4.69) is 20.7 Å². The summed E-state index contributed by atoms with van der Waals surface area (Å²) in [7, 11) is 0. The Bertz CT molecular complexity index is 357. The van der Waals surface area contributed by atoms with Crippen molar-refractivity contribution in [2.45, 2.75) is 6.42 Å². The third kappa shape index (κ3) is 3.47. The largest absolute Gasteiger partial charge is 0.463 e. The molecule has 82 valence electrons. The third-order valence-electron chi connectivity index (χ3n) is 1.78. The average Bonchev–Trinajstić information content (AvgIpc) is 2.18. The number of carbonyl (C=O) groups is 1. The number of carbonyl (C=O) groups excluding carboxylic acids is 1. The fourth-order valence-electron chi connectivity index (χ4n) is 1.10. The molecule has 0 unspecified atom stereocenters. The highest BCUT2D eigenvalue weighted by Gasteiger charge is 2.10. The maximum atomic E-state index is 11.9. The minimum atomic E-state index is -0.887. The van der Waals surface area contributed by atoms with Crippen LogP contribution in [-0.2, 0) is 0 Å². The Balaban J connectivity index is 2.87. The first-order valence-corrected chi connectivity index (χ1v) is 5.59. The summed E-state index contributed by atoms with van der Waals surface area (Å²) in [6, 6.07) is 4.69. The first kappa shape index (κ1) is 12.5. The van der Waals surface area contributed by atoms with Crippen LogP contribution < -0.4 is 4.74 Å². The van der Waals surface area contributed by atoms with E-state index in [1.807, 2.05) is 0 Å². The summed E-state index contributed by atoms with van der Waals surface area (Å²) in [4.78, 5) is 11.5. The molecule has 2 nitrogen and oxygen atoms in total. The Hall–Kier alpha value is -0.610. The number of benzene rings is 1. The number of hydrogen-bond acceptors (Lipinski definition) is 2. The quantitative estimate of drug-likeness (QED) is 0.613. The molecule has 0 saturated carbocycles. The van der Waals surface area contributed by atoms with E-state index in [-0.39, 0.29) is 18.1 Å². The molecule has 0 aromatic heterocycles. The molecular formula is C10H9BrClFO2. The summed E-state index contributed by atoms with van der Waals surface area (Å²) in [6.07, 6.45) is 0.281. The molecule has 0 spiro atoms. The molecule has 1 aromatic rings. The second-order valence-corrected chi connectivity index (χ2v) is 3.99. The molecule has 1 rings (SSSR count). The molecule has 5 heteroatoms. The number of Topliss-reactive ketones (excluding diaryl/α,β-unsaturated/α-hetero) is 1. The minimum Gasteiger partial charge on any atom is -0.463 e. The van der Waals surface area contributed by atoms with Crippen molar-refractivity contribution < 1.29 is 13.9 Å². The van der Waals surface area contributed by atoms with E-state index >= 15 is 0 Å². The molecule has 0 aliphatic rings. The lowest BCUT2D eigenvalue weighted by molar-refractivity contribution is 0.0988. The number of ketones is 1. The summed E-state index contributed by atoms with van der Waals surface area (Å²) in [5, 5.41) is 0. The highest BCUT2D eigenvalue weighted by atomic mass is 79.9. The number of halogens is 3. The van der Waals surface area contributed by atoms with Crippen molar-refractivity contribution in [2.24, 2.45) is 0 Å². The molecule has 0 amide bonds. The lowest BCUT2D eigenvalue weighted by Gasteiger charge is -2.05. The van der Waals surface area contributed by atoms with E-state index in [4.69, 9.17) is 11.6 Å².